The number of carbonyl (C=O) groups excluding carboxylic acids is 1. The summed E-state index contributed by atoms with van der Waals surface area (Å²) in [4.78, 5) is 17.2. The maximum atomic E-state index is 11.4. The predicted molar refractivity (Wildman–Crippen MR) is 100 cm³/mol. The van der Waals surface area contributed by atoms with Crippen molar-refractivity contribution in [2.75, 3.05) is 13.1 Å². The normalized spacial score (nSPS) is 20.5. The molecule has 1 aromatic carbocycles. The third kappa shape index (κ3) is 4.93. The van der Waals surface area contributed by atoms with E-state index in [9.17, 15) is 4.79 Å². The van der Waals surface area contributed by atoms with Crippen LogP contribution in [-0.2, 0) is 9.53 Å². The summed E-state index contributed by atoms with van der Waals surface area (Å²) in [5.41, 5.74) is 2.19. The molecule has 2 heterocycles. The second-order valence-electron chi connectivity index (χ2n) is 6.64. The fourth-order valence-electron chi connectivity index (χ4n) is 3.51. The topological polar surface area (TPSA) is 43.6 Å². The lowest BCUT2D eigenvalue weighted by Crippen LogP contribution is -3.13. The van der Waals surface area contributed by atoms with Gasteiger partial charge in [0.1, 0.15) is 12.6 Å². The summed E-state index contributed by atoms with van der Waals surface area (Å²) in [6.45, 7) is 3.27. The van der Waals surface area contributed by atoms with Crippen LogP contribution in [0.1, 0.15) is 49.5 Å². The number of nitrogens with one attached hydrogen (secondary N) is 1. The second-order valence-corrected chi connectivity index (χ2v) is 6.64. The molecule has 26 heavy (non-hydrogen) atoms. The Labute approximate surface area is 155 Å². The van der Waals surface area contributed by atoms with Crippen LogP contribution in [0.25, 0.3) is 0 Å². The van der Waals surface area contributed by atoms with Crippen molar-refractivity contribution in [3.63, 3.8) is 0 Å². The van der Waals surface area contributed by atoms with Crippen molar-refractivity contribution in [1.82, 2.24) is 4.98 Å². The van der Waals surface area contributed by atoms with Crippen LogP contribution in [0.2, 0.25) is 0 Å². The number of ether oxygens (including phenoxy) is 1. The first kappa shape index (κ1) is 18.2. The van der Waals surface area contributed by atoms with Gasteiger partial charge in [-0.1, -0.05) is 36.4 Å². The summed E-state index contributed by atoms with van der Waals surface area (Å²) in [5, 5.41) is 0. The fourth-order valence-corrected chi connectivity index (χ4v) is 3.51. The molecule has 1 aliphatic rings. The Morgan fingerprint density at radius 3 is 2.85 bits per heavy atom. The number of hydrogen-bond acceptors (Lipinski definition) is 3. The van der Waals surface area contributed by atoms with Gasteiger partial charge in [-0.25, -0.2) is 0 Å². The first-order valence-corrected chi connectivity index (χ1v) is 9.19. The van der Waals surface area contributed by atoms with Gasteiger partial charge in [0.25, 0.3) is 0 Å². The summed E-state index contributed by atoms with van der Waals surface area (Å²) in [6, 6.07) is 14.3. The molecule has 1 aromatic heterocycles. The molecular weight excluding hydrogens is 324 g/mol. The lowest BCUT2D eigenvalue weighted by molar-refractivity contribution is -0.930. The summed E-state index contributed by atoms with van der Waals surface area (Å²) >= 11 is 0. The lowest BCUT2D eigenvalue weighted by Gasteiger charge is -2.31. The Kier molecular flexibility index (Phi) is 6.40. The molecule has 134 valence electrons. The first-order valence-electron chi connectivity index (χ1n) is 9.19. The van der Waals surface area contributed by atoms with E-state index in [4.69, 9.17) is 4.74 Å². The van der Waals surface area contributed by atoms with E-state index in [0.29, 0.717) is 6.04 Å². The number of esters is 1. The van der Waals surface area contributed by atoms with Crippen molar-refractivity contribution in [3.8, 4) is 11.8 Å². The number of benzene rings is 1. The van der Waals surface area contributed by atoms with Crippen molar-refractivity contribution in [2.45, 2.75) is 38.3 Å². The van der Waals surface area contributed by atoms with Crippen LogP contribution in [0.5, 0.6) is 0 Å². The molecule has 1 saturated heterocycles. The van der Waals surface area contributed by atoms with Crippen LogP contribution < -0.4 is 4.90 Å². The third-order valence-corrected chi connectivity index (χ3v) is 4.76. The molecule has 0 bridgehead atoms. The van der Waals surface area contributed by atoms with E-state index >= 15 is 0 Å². The standard InChI is InChI=1S/C22H24N2O2/c1-18(25)26-22(19-9-3-2-4-10-19)13-8-16-24-15-6-5-12-21(24)20-11-7-14-23-17-20/h2-4,7,9-11,14,17,21-22H,5-6,12,15-16H2,1H3/p+1/t21-,22+/m1/s1. The van der Waals surface area contributed by atoms with E-state index in [1.807, 2.05) is 48.8 Å². The maximum Gasteiger partial charge on any atom is 0.304 e. The number of rotatable bonds is 4. The maximum absolute atomic E-state index is 11.4. The smallest absolute Gasteiger partial charge is 0.304 e. The minimum atomic E-state index is -0.505. The van der Waals surface area contributed by atoms with Gasteiger partial charge in [0.2, 0.25) is 0 Å². The number of nitrogens with zero attached hydrogens (tertiary/aromatic N) is 1. The van der Waals surface area contributed by atoms with Crippen LogP contribution in [-0.4, -0.2) is 24.0 Å². The van der Waals surface area contributed by atoms with E-state index < -0.39 is 6.10 Å². The van der Waals surface area contributed by atoms with Gasteiger partial charge in [-0.2, -0.15) is 0 Å². The second kappa shape index (κ2) is 9.17. The average molecular weight is 349 g/mol. The molecule has 0 radical (unpaired) electrons. The first-order chi connectivity index (χ1) is 12.7. The largest absolute Gasteiger partial charge is 0.444 e. The third-order valence-electron chi connectivity index (χ3n) is 4.76. The van der Waals surface area contributed by atoms with Crippen molar-refractivity contribution >= 4 is 5.97 Å². The molecule has 4 nitrogen and oxygen atoms in total. The van der Waals surface area contributed by atoms with Gasteiger partial charge in [0.05, 0.1) is 6.54 Å². The zero-order valence-electron chi connectivity index (χ0n) is 15.2. The summed E-state index contributed by atoms with van der Waals surface area (Å²) in [6.07, 6.45) is 6.91. The van der Waals surface area contributed by atoms with Crippen LogP contribution in [0.4, 0.5) is 0 Å². The minimum absolute atomic E-state index is 0.313. The molecule has 0 aliphatic carbocycles. The highest BCUT2D eigenvalue weighted by molar-refractivity contribution is 5.66. The van der Waals surface area contributed by atoms with Gasteiger partial charge in [0, 0.05) is 36.9 Å². The molecule has 1 N–H and O–H groups in total. The zero-order chi connectivity index (χ0) is 18.2. The fraction of sp³-hybridized carbons (Fsp3) is 0.364. The molecule has 2 aromatic rings. The van der Waals surface area contributed by atoms with Gasteiger partial charge in [-0.3, -0.25) is 9.78 Å². The molecule has 1 unspecified atom stereocenters. The van der Waals surface area contributed by atoms with Crippen LogP contribution in [0.15, 0.2) is 54.9 Å². The van der Waals surface area contributed by atoms with E-state index in [1.54, 1.807) is 0 Å². The van der Waals surface area contributed by atoms with Crippen LogP contribution in [0, 0.1) is 11.8 Å². The molecule has 0 spiro atoms. The highest BCUT2D eigenvalue weighted by atomic mass is 16.5. The Balaban J connectivity index is 1.72. The number of likely N-dealkylation sites (tertiary alicyclic amines) is 1. The minimum Gasteiger partial charge on any atom is -0.444 e. The number of pyridine rings is 1. The van der Waals surface area contributed by atoms with Gasteiger partial charge < -0.3 is 9.64 Å². The Bertz CT molecular complexity index is 765. The monoisotopic (exact) mass is 349 g/mol. The highest BCUT2D eigenvalue weighted by Gasteiger charge is 2.27. The number of hydrogen-bond donors (Lipinski definition) is 1. The molecule has 3 atom stereocenters. The van der Waals surface area contributed by atoms with Crippen molar-refractivity contribution < 1.29 is 14.4 Å². The zero-order valence-corrected chi connectivity index (χ0v) is 15.2. The number of carbonyl (C=O) groups is 1. The van der Waals surface area contributed by atoms with Gasteiger partial charge in [-0.05, 0) is 30.7 Å². The van der Waals surface area contributed by atoms with E-state index in [2.05, 4.69) is 22.9 Å². The SMILES string of the molecule is CC(=O)O[C@@H](C#CC[NH+]1CCCC[C@@H]1c1cccnc1)c1ccccc1. The predicted octanol–water partition coefficient (Wildman–Crippen LogP) is 2.50. The van der Waals surface area contributed by atoms with Crippen molar-refractivity contribution in [1.29, 1.82) is 0 Å². The van der Waals surface area contributed by atoms with Crippen LogP contribution >= 0.6 is 0 Å². The molecule has 4 heteroatoms. The molecule has 0 saturated carbocycles. The Hall–Kier alpha value is -2.64. The summed E-state index contributed by atoms with van der Waals surface area (Å²) < 4.78 is 5.41. The molecule has 3 rings (SSSR count). The van der Waals surface area contributed by atoms with Crippen LogP contribution in [0.3, 0.4) is 0 Å². The quantitative estimate of drug-likeness (QED) is 0.681. The van der Waals surface area contributed by atoms with Gasteiger partial charge in [0.15, 0.2) is 6.10 Å². The lowest BCUT2D eigenvalue weighted by atomic mass is 9.96. The molecule has 0 amide bonds. The number of quaternary nitrogens is 1. The van der Waals surface area contributed by atoms with E-state index in [1.165, 1.54) is 30.2 Å². The van der Waals surface area contributed by atoms with E-state index in [-0.39, 0.29) is 5.97 Å². The van der Waals surface area contributed by atoms with Crippen molar-refractivity contribution in [3.05, 3.63) is 66.0 Å². The Morgan fingerprint density at radius 1 is 1.27 bits per heavy atom. The summed E-state index contributed by atoms with van der Waals surface area (Å²) in [5.74, 6) is 6.12. The summed E-state index contributed by atoms with van der Waals surface area (Å²) in [7, 11) is 0. The van der Waals surface area contributed by atoms with Crippen molar-refractivity contribution in [2.24, 2.45) is 0 Å². The Morgan fingerprint density at radius 2 is 2.12 bits per heavy atom. The molecular formula is C22H25N2O2+. The number of piperidine rings is 1. The number of aromatic nitrogens is 1. The van der Waals surface area contributed by atoms with E-state index in [0.717, 1.165) is 25.1 Å². The average Bonchev–Trinajstić information content (AvgIpc) is 2.69. The molecule has 1 aliphatic heterocycles. The molecule has 1 fully saturated rings. The van der Waals surface area contributed by atoms with Gasteiger partial charge in [-0.15, -0.1) is 0 Å². The van der Waals surface area contributed by atoms with Gasteiger partial charge >= 0.3 is 5.97 Å². The highest BCUT2D eigenvalue weighted by Crippen LogP contribution is 2.18.